The molecule has 0 radical (unpaired) electrons. The monoisotopic (exact) mass is 505 g/mol. The van der Waals surface area contributed by atoms with E-state index in [9.17, 15) is 9.90 Å². The number of aliphatic hydroxyl groups excluding tert-OH is 1. The molecule has 2 atom stereocenters. The van der Waals surface area contributed by atoms with E-state index in [-0.39, 0.29) is 12.5 Å². The third-order valence-corrected chi connectivity index (χ3v) is 10.7. The van der Waals surface area contributed by atoms with E-state index >= 15 is 0 Å². The van der Waals surface area contributed by atoms with Gasteiger partial charge >= 0.3 is 8.32 Å². The fourth-order valence-electron chi connectivity index (χ4n) is 4.50. The zero-order valence-corrected chi connectivity index (χ0v) is 23.0. The van der Waals surface area contributed by atoms with Gasteiger partial charge in [-0.2, -0.15) is 0 Å². The van der Waals surface area contributed by atoms with Crippen molar-refractivity contribution in [1.82, 2.24) is 5.32 Å². The Bertz CT molecular complexity index is 1030. The van der Waals surface area contributed by atoms with Crippen molar-refractivity contribution in [3.05, 3.63) is 90.5 Å². The van der Waals surface area contributed by atoms with Crippen LogP contribution in [0.3, 0.4) is 0 Å². The van der Waals surface area contributed by atoms with Gasteiger partial charge in [0.25, 0.3) is 0 Å². The fraction of sp³-hybridized carbons (Fsp3) is 0.367. The summed E-state index contributed by atoms with van der Waals surface area (Å²) in [5, 5.41) is 15.7. The maximum Gasteiger partial charge on any atom is 0.317 e. The molecule has 0 aliphatic rings. The normalized spacial score (nSPS) is 13.9. The van der Waals surface area contributed by atoms with Gasteiger partial charge in [0, 0.05) is 12.5 Å². The molecule has 0 fully saturated rings. The highest BCUT2D eigenvalue weighted by molar-refractivity contribution is 6.99. The first-order chi connectivity index (χ1) is 17.1. The lowest BCUT2D eigenvalue weighted by Crippen LogP contribution is -2.65. The van der Waals surface area contributed by atoms with Crippen LogP contribution in [0.1, 0.15) is 46.6 Å². The Morgan fingerprint density at radius 3 is 1.86 bits per heavy atom. The van der Waals surface area contributed by atoms with Crippen LogP contribution < -0.4 is 20.1 Å². The molecule has 5 nitrogen and oxygen atoms in total. The number of benzene rings is 3. The maximum atomic E-state index is 11.2. The summed E-state index contributed by atoms with van der Waals surface area (Å²) in [6.07, 6.45) is 0.565. The maximum absolute atomic E-state index is 11.2. The molecule has 3 aromatic carbocycles. The highest BCUT2D eigenvalue weighted by Gasteiger charge is 2.45. The Hall–Kier alpha value is -2.77. The number of carbonyl (C=O) groups is 1. The van der Waals surface area contributed by atoms with Crippen molar-refractivity contribution >= 4 is 25.0 Å². The standard InChI is InChI=1S/C30H39NO4Si/c1-23(2)36(27-12-8-6-9-13-27,28-14-10-7-11-15-28)35-26-18-16-24(17-19-26)22-25(20-21-32)31-29(33)34-30(3,4)5/h6-19,21,23,25,29,31,33H,20,22H2,1-5H3. The third kappa shape index (κ3) is 7.37. The van der Waals surface area contributed by atoms with Crippen LogP contribution in [0.25, 0.3) is 0 Å². The van der Waals surface area contributed by atoms with Gasteiger partial charge in [0.05, 0.1) is 5.60 Å². The summed E-state index contributed by atoms with van der Waals surface area (Å²) >= 11 is 0. The Labute approximate surface area is 216 Å². The molecule has 2 unspecified atom stereocenters. The second-order valence-corrected chi connectivity index (χ2v) is 14.4. The van der Waals surface area contributed by atoms with E-state index in [1.54, 1.807) is 0 Å². The minimum atomic E-state index is -2.58. The van der Waals surface area contributed by atoms with Gasteiger partial charge in [-0.25, -0.2) is 0 Å². The summed E-state index contributed by atoms with van der Waals surface area (Å²) < 4.78 is 12.5. The van der Waals surface area contributed by atoms with Gasteiger partial charge in [0.1, 0.15) is 12.0 Å². The molecule has 192 valence electrons. The lowest BCUT2D eigenvalue weighted by Gasteiger charge is -2.36. The Morgan fingerprint density at radius 1 is 0.889 bits per heavy atom. The van der Waals surface area contributed by atoms with Crippen LogP contribution in [-0.4, -0.2) is 37.8 Å². The first kappa shape index (κ1) is 27.8. The van der Waals surface area contributed by atoms with Gasteiger partial charge in [0.2, 0.25) is 6.41 Å². The van der Waals surface area contributed by atoms with Crippen LogP contribution in [-0.2, 0) is 16.0 Å². The number of rotatable bonds is 12. The molecule has 0 bridgehead atoms. The second kappa shape index (κ2) is 12.5. The van der Waals surface area contributed by atoms with E-state index in [4.69, 9.17) is 9.16 Å². The van der Waals surface area contributed by atoms with Crippen molar-refractivity contribution in [2.75, 3.05) is 0 Å². The summed E-state index contributed by atoms with van der Waals surface area (Å²) in [5.41, 5.74) is 0.842. The first-order valence-corrected chi connectivity index (χ1v) is 14.6. The average molecular weight is 506 g/mol. The van der Waals surface area contributed by atoms with Gasteiger partial charge in [0.15, 0.2) is 0 Å². The molecule has 0 spiro atoms. The van der Waals surface area contributed by atoms with Crippen LogP contribution in [0.2, 0.25) is 5.54 Å². The number of hydrogen-bond acceptors (Lipinski definition) is 5. The van der Waals surface area contributed by atoms with Crippen molar-refractivity contribution in [2.45, 2.75) is 71.1 Å². The van der Waals surface area contributed by atoms with E-state index < -0.39 is 20.3 Å². The molecule has 0 aliphatic carbocycles. The van der Waals surface area contributed by atoms with Gasteiger partial charge in [-0.1, -0.05) is 86.6 Å². The average Bonchev–Trinajstić information content (AvgIpc) is 2.83. The SMILES string of the molecule is CC(C)[Si](Oc1ccc(CC(CC=O)NC(O)OC(C)(C)C)cc1)(c1ccccc1)c1ccccc1. The fourth-order valence-corrected chi connectivity index (χ4v) is 8.52. The van der Waals surface area contributed by atoms with Crippen LogP contribution in [0.15, 0.2) is 84.9 Å². The molecular weight excluding hydrogens is 466 g/mol. The predicted molar refractivity (Wildman–Crippen MR) is 148 cm³/mol. The van der Waals surface area contributed by atoms with Crippen molar-refractivity contribution in [3.63, 3.8) is 0 Å². The smallest absolute Gasteiger partial charge is 0.317 e. The highest BCUT2D eigenvalue weighted by atomic mass is 28.4. The largest absolute Gasteiger partial charge is 0.534 e. The summed E-state index contributed by atoms with van der Waals surface area (Å²) in [7, 11) is -2.58. The number of aldehydes is 1. The number of aliphatic hydroxyl groups is 1. The number of hydrogen-bond donors (Lipinski definition) is 2. The topological polar surface area (TPSA) is 67.8 Å². The number of nitrogens with one attached hydrogen (secondary N) is 1. The molecule has 36 heavy (non-hydrogen) atoms. The van der Waals surface area contributed by atoms with E-state index in [0.717, 1.165) is 17.6 Å². The lowest BCUT2D eigenvalue weighted by atomic mass is 10.0. The number of carbonyl (C=O) groups excluding carboxylic acids is 1. The molecule has 0 amide bonds. The predicted octanol–water partition coefficient (Wildman–Crippen LogP) is 4.42. The van der Waals surface area contributed by atoms with Crippen LogP contribution in [0.5, 0.6) is 5.75 Å². The van der Waals surface area contributed by atoms with E-state index in [1.807, 2.05) is 57.2 Å². The minimum absolute atomic E-state index is 0.246. The van der Waals surface area contributed by atoms with Gasteiger partial charge < -0.3 is 19.1 Å². The Morgan fingerprint density at radius 2 is 1.42 bits per heavy atom. The molecule has 0 saturated carbocycles. The molecular formula is C30H39NO4Si. The molecule has 0 saturated heterocycles. The van der Waals surface area contributed by atoms with Crippen LogP contribution in [0, 0.1) is 0 Å². The Kier molecular flexibility index (Phi) is 9.62. The van der Waals surface area contributed by atoms with Crippen molar-refractivity contribution in [3.8, 4) is 5.75 Å². The van der Waals surface area contributed by atoms with Crippen molar-refractivity contribution in [2.24, 2.45) is 0 Å². The molecule has 0 aromatic heterocycles. The van der Waals surface area contributed by atoms with Gasteiger partial charge in [-0.15, -0.1) is 0 Å². The molecule has 0 heterocycles. The zero-order chi connectivity index (χ0) is 26.2. The summed E-state index contributed by atoms with van der Waals surface area (Å²) in [6, 6.07) is 28.9. The van der Waals surface area contributed by atoms with E-state index in [1.165, 1.54) is 10.4 Å². The highest BCUT2D eigenvalue weighted by Crippen LogP contribution is 2.26. The summed E-state index contributed by atoms with van der Waals surface area (Å²) in [6.45, 7) is 10.1. The molecule has 0 aliphatic heterocycles. The quantitative estimate of drug-likeness (QED) is 0.217. The zero-order valence-electron chi connectivity index (χ0n) is 22.0. The lowest BCUT2D eigenvalue weighted by molar-refractivity contribution is -0.185. The third-order valence-electron chi connectivity index (χ3n) is 6.13. The van der Waals surface area contributed by atoms with Gasteiger partial charge in [-0.3, -0.25) is 5.32 Å². The Balaban J connectivity index is 1.83. The molecule has 6 heteroatoms. The van der Waals surface area contributed by atoms with Gasteiger partial charge in [-0.05, 0) is 60.8 Å². The minimum Gasteiger partial charge on any atom is -0.534 e. The molecule has 2 N–H and O–H groups in total. The number of ether oxygens (including phenoxy) is 1. The van der Waals surface area contributed by atoms with Crippen LogP contribution >= 0.6 is 0 Å². The second-order valence-electron chi connectivity index (χ2n) is 10.4. The molecule has 3 aromatic rings. The van der Waals surface area contributed by atoms with Crippen molar-refractivity contribution in [1.29, 1.82) is 0 Å². The first-order valence-electron chi connectivity index (χ1n) is 12.6. The summed E-state index contributed by atoms with van der Waals surface area (Å²) in [5.74, 6) is 0.822. The van der Waals surface area contributed by atoms with E-state index in [2.05, 4.69) is 67.7 Å². The van der Waals surface area contributed by atoms with Crippen molar-refractivity contribution < 1.29 is 19.1 Å². The summed E-state index contributed by atoms with van der Waals surface area (Å²) in [4.78, 5) is 11.2. The van der Waals surface area contributed by atoms with E-state index in [0.29, 0.717) is 12.0 Å². The van der Waals surface area contributed by atoms with Crippen LogP contribution in [0.4, 0.5) is 0 Å². The molecule has 3 rings (SSSR count).